The van der Waals surface area contributed by atoms with Crippen molar-refractivity contribution in [2.75, 3.05) is 0 Å². The number of carboxylic acids is 1. The number of aliphatic carboxylic acids is 1. The molecular formula is C31H35N5O8. The van der Waals surface area contributed by atoms with Gasteiger partial charge in [0.05, 0.1) is 12.5 Å². The van der Waals surface area contributed by atoms with E-state index in [-0.39, 0.29) is 30.8 Å². The number of phenols is 2. The summed E-state index contributed by atoms with van der Waals surface area (Å²) in [5, 5.41) is 36.7. The summed E-state index contributed by atoms with van der Waals surface area (Å²) in [5.74, 6) is -4.57. The van der Waals surface area contributed by atoms with Gasteiger partial charge in [-0.15, -0.1) is 0 Å². The molecule has 4 unspecified atom stereocenters. The lowest BCUT2D eigenvalue weighted by Crippen LogP contribution is -2.58. The number of amides is 4. The van der Waals surface area contributed by atoms with E-state index >= 15 is 0 Å². The fourth-order valence-electron chi connectivity index (χ4n) is 4.34. The third kappa shape index (κ3) is 10.4. The first-order chi connectivity index (χ1) is 20.9. The summed E-state index contributed by atoms with van der Waals surface area (Å²) >= 11 is 0. The normalized spacial score (nSPS) is 13.5. The minimum absolute atomic E-state index is 0.0148. The molecule has 13 nitrogen and oxygen atoms in total. The van der Waals surface area contributed by atoms with Gasteiger partial charge in [0.2, 0.25) is 23.6 Å². The van der Waals surface area contributed by atoms with Gasteiger partial charge >= 0.3 is 5.97 Å². The highest BCUT2D eigenvalue weighted by Crippen LogP contribution is 2.14. The summed E-state index contributed by atoms with van der Waals surface area (Å²) in [5.41, 5.74) is 12.7. The Balaban J connectivity index is 1.87. The van der Waals surface area contributed by atoms with Gasteiger partial charge in [0, 0.05) is 19.3 Å². The van der Waals surface area contributed by atoms with Crippen LogP contribution in [-0.4, -0.2) is 69.1 Å². The molecule has 44 heavy (non-hydrogen) atoms. The van der Waals surface area contributed by atoms with Gasteiger partial charge in [-0.25, -0.2) is 4.79 Å². The summed E-state index contributed by atoms with van der Waals surface area (Å²) in [4.78, 5) is 63.2. The quantitative estimate of drug-likeness (QED) is 0.115. The van der Waals surface area contributed by atoms with Gasteiger partial charge in [-0.3, -0.25) is 19.2 Å². The number of benzene rings is 3. The van der Waals surface area contributed by atoms with Crippen molar-refractivity contribution in [1.29, 1.82) is 0 Å². The van der Waals surface area contributed by atoms with Crippen molar-refractivity contribution in [3.05, 3.63) is 95.6 Å². The molecule has 232 valence electrons. The first-order valence-corrected chi connectivity index (χ1v) is 13.7. The lowest BCUT2D eigenvalue weighted by molar-refractivity contribution is -0.142. The standard InChI is InChI=1S/C31H35N5O8/c32-23(17-27(33)39)28(40)34-24(14-19-6-10-21(37)11-7-19)29(41)35-25(15-20-8-12-22(38)13-9-20)30(42)36-26(31(43)44)16-18-4-2-1-3-5-18/h1-13,23-26,37-38H,14-17,32H2,(H2,33,39)(H,34,40)(H,35,41)(H,36,42)(H,43,44). The number of nitrogens with two attached hydrogens (primary N) is 2. The second kappa shape index (κ2) is 15.7. The maximum absolute atomic E-state index is 13.6. The Morgan fingerprint density at radius 1 is 0.591 bits per heavy atom. The van der Waals surface area contributed by atoms with Crippen LogP contribution in [0.25, 0.3) is 0 Å². The Morgan fingerprint density at radius 2 is 0.977 bits per heavy atom. The largest absolute Gasteiger partial charge is 0.508 e. The molecule has 0 aromatic heterocycles. The zero-order valence-electron chi connectivity index (χ0n) is 23.7. The molecular weight excluding hydrogens is 570 g/mol. The van der Waals surface area contributed by atoms with E-state index in [0.717, 1.165) is 0 Å². The van der Waals surface area contributed by atoms with Crippen molar-refractivity contribution in [2.24, 2.45) is 11.5 Å². The molecule has 0 bridgehead atoms. The number of hydrogen-bond donors (Lipinski definition) is 8. The van der Waals surface area contributed by atoms with Gasteiger partial charge in [-0.05, 0) is 41.0 Å². The summed E-state index contributed by atoms with van der Waals surface area (Å²) in [7, 11) is 0. The van der Waals surface area contributed by atoms with Crippen molar-refractivity contribution < 1.29 is 39.3 Å². The van der Waals surface area contributed by atoms with Crippen LogP contribution in [0, 0.1) is 0 Å². The van der Waals surface area contributed by atoms with Crippen molar-refractivity contribution in [3.63, 3.8) is 0 Å². The molecule has 0 aliphatic carbocycles. The van der Waals surface area contributed by atoms with Crippen LogP contribution in [-0.2, 0) is 43.2 Å². The zero-order chi connectivity index (χ0) is 32.2. The number of rotatable bonds is 15. The number of nitrogens with one attached hydrogen (secondary N) is 3. The van der Waals surface area contributed by atoms with Crippen LogP contribution in [0.2, 0.25) is 0 Å². The second-order valence-electron chi connectivity index (χ2n) is 10.2. The number of carbonyl (C=O) groups is 5. The summed E-state index contributed by atoms with van der Waals surface area (Å²) in [6.07, 6.45) is -0.653. The van der Waals surface area contributed by atoms with Crippen LogP contribution in [0.15, 0.2) is 78.9 Å². The molecule has 0 aliphatic heterocycles. The average Bonchev–Trinajstić information content (AvgIpc) is 2.98. The van der Waals surface area contributed by atoms with Crippen LogP contribution in [0.4, 0.5) is 0 Å². The first kappa shape index (κ1) is 33.1. The van der Waals surface area contributed by atoms with Crippen molar-refractivity contribution in [1.82, 2.24) is 16.0 Å². The van der Waals surface area contributed by atoms with Gasteiger partial charge in [-0.1, -0.05) is 54.6 Å². The third-order valence-corrected chi connectivity index (χ3v) is 6.67. The van der Waals surface area contributed by atoms with Gasteiger partial charge in [0.1, 0.15) is 29.6 Å². The van der Waals surface area contributed by atoms with E-state index in [1.807, 2.05) is 0 Å². The van der Waals surface area contributed by atoms with E-state index < -0.39 is 60.2 Å². The average molecular weight is 606 g/mol. The number of aromatic hydroxyl groups is 2. The Hall–Kier alpha value is -5.43. The molecule has 0 saturated carbocycles. The molecule has 0 fully saturated rings. The van der Waals surface area contributed by atoms with Crippen molar-refractivity contribution >= 4 is 29.6 Å². The Bertz CT molecular complexity index is 1450. The van der Waals surface area contributed by atoms with Crippen LogP contribution >= 0.6 is 0 Å². The van der Waals surface area contributed by atoms with Gasteiger partial charge in [0.25, 0.3) is 0 Å². The van der Waals surface area contributed by atoms with Crippen LogP contribution in [0.3, 0.4) is 0 Å². The predicted molar refractivity (Wildman–Crippen MR) is 159 cm³/mol. The Kier molecular flexibility index (Phi) is 11.8. The summed E-state index contributed by atoms with van der Waals surface area (Å²) in [6, 6.07) is 15.2. The molecule has 13 heteroatoms. The molecule has 0 radical (unpaired) electrons. The highest BCUT2D eigenvalue weighted by atomic mass is 16.4. The third-order valence-electron chi connectivity index (χ3n) is 6.67. The van der Waals surface area contributed by atoms with Crippen LogP contribution in [0.1, 0.15) is 23.1 Å². The maximum Gasteiger partial charge on any atom is 0.326 e. The fraction of sp³-hybridized carbons (Fsp3) is 0.258. The summed E-state index contributed by atoms with van der Waals surface area (Å²) < 4.78 is 0. The Labute approximate surface area is 253 Å². The number of hydrogen-bond acceptors (Lipinski definition) is 8. The van der Waals surface area contributed by atoms with E-state index in [4.69, 9.17) is 11.5 Å². The summed E-state index contributed by atoms with van der Waals surface area (Å²) in [6.45, 7) is 0. The van der Waals surface area contributed by atoms with Crippen LogP contribution < -0.4 is 27.4 Å². The highest BCUT2D eigenvalue weighted by molar-refractivity contribution is 5.95. The predicted octanol–water partition coefficient (Wildman–Crippen LogP) is -0.133. The second-order valence-corrected chi connectivity index (χ2v) is 10.2. The van der Waals surface area contributed by atoms with Crippen LogP contribution in [0.5, 0.6) is 11.5 Å². The minimum atomic E-state index is -1.34. The molecule has 0 heterocycles. The van der Waals surface area contributed by atoms with E-state index in [9.17, 15) is 39.3 Å². The van der Waals surface area contributed by atoms with E-state index in [2.05, 4.69) is 16.0 Å². The topological polar surface area (TPSA) is 234 Å². The smallest absolute Gasteiger partial charge is 0.326 e. The molecule has 3 aromatic rings. The first-order valence-electron chi connectivity index (χ1n) is 13.7. The molecule has 4 atom stereocenters. The van der Waals surface area contributed by atoms with E-state index in [1.165, 1.54) is 36.4 Å². The molecule has 3 aromatic carbocycles. The number of carboxylic acid groups (broad SMARTS) is 1. The van der Waals surface area contributed by atoms with Gasteiger partial charge in [0.15, 0.2) is 0 Å². The zero-order valence-corrected chi connectivity index (χ0v) is 23.7. The lowest BCUT2D eigenvalue weighted by Gasteiger charge is -2.25. The van der Waals surface area contributed by atoms with Crippen molar-refractivity contribution in [2.45, 2.75) is 49.9 Å². The van der Waals surface area contributed by atoms with Gasteiger partial charge < -0.3 is 42.7 Å². The molecule has 0 aliphatic rings. The van der Waals surface area contributed by atoms with Gasteiger partial charge in [-0.2, -0.15) is 0 Å². The molecule has 3 rings (SSSR count). The molecule has 0 saturated heterocycles. The lowest BCUT2D eigenvalue weighted by atomic mass is 10.0. The SMILES string of the molecule is NC(=O)CC(N)C(=O)NC(Cc1ccc(O)cc1)C(=O)NC(Cc1ccc(O)cc1)C(=O)NC(Cc1ccccc1)C(=O)O. The number of phenolic OH excluding ortho intramolecular Hbond substituents is 2. The molecule has 10 N–H and O–H groups in total. The highest BCUT2D eigenvalue weighted by Gasteiger charge is 2.31. The minimum Gasteiger partial charge on any atom is -0.508 e. The molecule has 4 amide bonds. The maximum atomic E-state index is 13.6. The van der Waals surface area contributed by atoms with E-state index in [0.29, 0.717) is 16.7 Å². The fourth-order valence-corrected chi connectivity index (χ4v) is 4.34. The number of carbonyl (C=O) groups excluding carboxylic acids is 4. The van der Waals surface area contributed by atoms with Crippen molar-refractivity contribution in [3.8, 4) is 11.5 Å². The Morgan fingerprint density at radius 3 is 1.41 bits per heavy atom. The monoisotopic (exact) mass is 605 g/mol. The number of primary amides is 1. The van der Waals surface area contributed by atoms with E-state index in [1.54, 1.807) is 42.5 Å². The molecule has 0 spiro atoms.